The highest BCUT2D eigenvalue weighted by Crippen LogP contribution is 2.23. The zero-order valence-electron chi connectivity index (χ0n) is 14.0. The number of carbonyl (C=O) groups excluding carboxylic acids is 5. The predicted octanol–water partition coefficient (Wildman–Crippen LogP) is -0.0508. The molecule has 9 nitrogen and oxygen atoms in total. The van der Waals surface area contributed by atoms with Crippen molar-refractivity contribution in [1.29, 1.82) is 0 Å². The topological polar surface area (TPSA) is 119 Å². The largest absolute Gasteiger partial charge is 0.469 e. The summed E-state index contributed by atoms with van der Waals surface area (Å²) >= 11 is 1.16. The van der Waals surface area contributed by atoms with Crippen molar-refractivity contribution in [3.63, 3.8) is 0 Å². The molecule has 1 N–H and O–H groups in total. The standard InChI is InChI=1S/C15H20N2O7S/c1-4-5-6-11(18)16-9(7-13(20)23-2)15(22)24-17-12(19)8-10(25-3)14(17)21/h4,9-10H,1,5-8H2,2-3H3,(H,16,18). The van der Waals surface area contributed by atoms with Gasteiger partial charge in [-0.3, -0.25) is 19.2 Å². The van der Waals surface area contributed by atoms with Gasteiger partial charge in [-0.1, -0.05) is 6.08 Å². The third kappa shape index (κ3) is 5.89. The maximum absolute atomic E-state index is 12.2. The molecule has 1 fully saturated rings. The molecule has 2 atom stereocenters. The zero-order chi connectivity index (χ0) is 19.0. The van der Waals surface area contributed by atoms with Gasteiger partial charge in [-0.15, -0.1) is 11.6 Å². The number of hydrogen-bond acceptors (Lipinski definition) is 8. The van der Waals surface area contributed by atoms with Crippen LogP contribution >= 0.6 is 11.8 Å². The van der Waals surface area contributed by atoms with Crippen LogP contribution in [0.4, 0.5) is 0 Å². The first kappa shape index (κ1) is 20.7. The first-order valence-electron chi connectivity index (χ1n) is 7.42. The number of methoxy groups -OCH3 is 1. The highest BCUT2D eigenvalue weighted by Gasteiger charge is 2.42. The number of imide groups is 1. The molecule has 0 radical (unpaired) electrons. The lowest BCUT2D eigenvalue weighted by atomic mass is 10.2. The molecule has 2 unspecified atom stereocenters. The van der Waals surface area contributed by atoms with E-state index in [2.05, 4.69) is 16.6 Å². The van der Waals surface area contributed by atoms with Crippen LogP contribution in [0.25, 0.3) is 0 Å². The summed E-state index contributed by atoms with van der Waals surface area (Å²) in [7, 11) is 1.13. The minimum absolute atomic E-state index is 0.0601. The van der Waals surface area contributed by atoms with Gasteiger partial charge in [0, 0.05) is 6.42 Å². The molecule has 3 amide bonds. The van der Waals surface area contributed by atoms with E-state index in [4.69, 9.17) is 4.84 Å². The number of nitrogens with one attached hydrogen (secondary N) is 1. The van der Waals surface area contributed by atoms with Crippen LogP contribution in [0.1, 0.15) is 25.7 Å². The molecule has 1 rings (SSSR count). The predicted molar refractivity (Wildman–Crippen MR) is 87.9 cm³/mol. The Morgan fingerprint density at radius 1 is 1.44 bits per heavy atom. The summed E-state index contributed by atoms with van der Waals surface area (Å²) in [6.07, 6.45) is 3.05. The minimum Gasteiger partial charge on any atom is -0.469 e. The van der Waals surface area contributed by atoms with Crippen LogP contribution in [0.2, 0.25) is 0 Å². The number of thioether (sulfide) groups is 1. The third-order valence-corrected chi connectivity index (χ3v) is 4.26. The van der Waals surface area contributed by atoms with Crippen LogP contribution in [0.5, 0.6) is 0 Å². The lowest BCUT2D eigenvalue weighted by Gasteiger charge is -2.19. The van der Waals surface area contributed by atoms with Gasteiger partial charge in [-0.05, 0) is 12.7 Å². The Morgan fingerprint density at radius 2 is 2.12 bits per heavy atom. The summed E-state index contributed by atoms with van der Waals surface area (Å²) in [5.74, 6) is -3.67. The number of allylic oxidation sites excluding steroid dienone is 1. The fraction of sp³-hybridized carbons (Fsp3) is 0.533. The summed E-state index contributed by atoms with van der Waals surface area (Å²) in [6.45, 7) is 3.48. The molecule has 1 aliphatic heterocycles. The smallest absolute Gasteiger partial charge is 0.355 e. The van der Waals surface area contributed by atoms with Gasteiger partial charge < -0.3 is 14.9 Å². The molecule has 1 heterocycles. The Hall–Kier alpha value is -2.36. The Morgan fingerprint density at radius 3 is 2.64 bits per heavy atom. The quantitative estimate of drug-likeness (QED) is 0.340. The summed E-state index contributed by atoms with van der Waals surface area (Å²) in [5.41, 5.74) is 0. The van der Waals surface area contributed by atoms with Crippen molar-refractivity contribution in [2.24, 2.45) is 0 Å². The highest BCUT2D eigenvalue weighted by atomic mass is 32.2. The van der Waals surface area contributed by atoms with Crippen molar-refractivity contribution < 1.29 is 33.5 Å². The molecule has 1 aliphatic rings. The van der Waals surface area contributed by atoms with Gasteiger partial charge in [0.15, 0.2) is 0 Å². The molecular weight excluding hydrogens is 352 g/mol. The van der Waals surface area contributed by atoms with Crippen LogP contribution in [-0.4, -0.2) is 59.4 Å². The molecule has 0 saturated carbocycles. The minimum atomic E-state index is -1.38. The molecule has 0 spiro atoms. The van der Waals surface area contributed by atoms with E-state index >= 15 is 0 Å². The van der Waals surface area contributed by atoms with Gasteiger partial charge in [0.1, 0.15) is 6.04 Å². The molecule has 0 aromatic rings. The Kier molecular flexibility index (Phi) is 8.12. The van der Waals surface area contributed by atoms with Crippen LogP contribution < -0.4 is 5.32 Å². The lowest BCUT2D eigenvalue weighted by molar-refractivity contribution is -0.199. The van der Waals surface area contributed by atoms with Crippen LogP contribution in [-0.2, 0) is 33.5 Å². The Labute approximate surface area is 149 Å². The maximum Gasteiger partial charge on any atom is 0.355 e. The van der Waals surface area contributed by atoms with Crippen molar-refractivity contribution in [3.05, 3.63) is 12.7 Å². The first-order valence-corrected chi connectivity index (χ1v) is 8.71. The second-order valence-electron chi connectivity index (χ2n) is 5.09. The number of ether oxygens (including phenoxy) is 1. The highest BCUT2D eigenvalue weighted by molar-refractivity contribution is 8.00. The Balaban J connectivity index is 2.79. The van der Waals surface area contributed by atoms with Crippen molar-refractivity contribution in [1.82, 2.24) is 10.4 Å². The second kappa shape index (κ2) is 9.82. The fourth-order valence-electron chi connectivity index (χ4n) is 1.96. The number of amides is 3. The second-order valence-corrected chi connectivity index (χ2v) is 6.13. The number of rotatable bonds is 9. The summed E-state index contributed by atoms with van der Waals surface area (Å²) in [6, 6.07) is -1.38. The Bertz CT molecular complexity index is 578. The average molecular weight is 372 g/mol. The lowest BCUT2D eigenvalue weighted by Crippen LogP contribution is -2.46. The van der Waals surface area contributed by atoms with Gasteiger partial charge in [0.2, 0.25) is 5.91 Å². The van der Waals surface area contributed by atoms with E-state index in [-0.39, 0.29) is 12.8 Å². The van der Waals surface area contributed by atoms with E-state index in [0.29, 0.717) is 11.5 Å². The van der Waals surface area contributed by atoms with Crippen LogP contribution in [0.15, 0.2) is 12.7 Å². The van der Waals surface area contributed by atoms with E-state index in [1.54, 1.807) is 6.26 Å². The van der Waals surface area contributed by atoms with Gasteiger partial charge in [-0.25, -0.2) is 4.79 Å². The van der Waals surface area contributed by atoms with Crippen LogP contribution in [0.3, 0.4) is 0 Å². The molecule has 0 aromatic heterocycles. The zero-order valence-corrected chi connectivity index (χ0v) is 14.8. The summed E-state index contributed by atoms with van der Waals surface area (Å²) < 4.78 is 4.48. The molecule has 0 aliphatic carbocycles. The monoisotopic (exact) mass is 372 g/mol. The number of nitrogens with zero attached hydrogens (tertiary/aromatic N) is 1. The molecule has 10 heteroatoms. The van der Waals surface area contributed by atoms with Crippen LogP contribution in [0, 0.1) is 0 Å². The SMILES string of the molecule is C=CCCC(=O)NC(CC(=O)OC)C(=O)ON1C(=O)CC(SC)C1=O. The van der Waals surface area contributed by atoms with Crippen molar-refractivity contribution >= 4 is 41.4 Å². The van der Waals surface area contributed by atoms with Gasteiger partial charge >= 0.3 is 11.9 Å². The number of esters is 1. The fourth-order valence-corrected chi connectivity index (χ4v) is 2.57. The maximum atomic E-state index is 12.2. The van der Waals surface area contributed by atoms with Gasteiger partial charge in [0.25, 0.3) is 11.8 Å². The van der Waals surface area contributed by atoms with Gasteiger partial charge in [0.05, 0.1) is 25.2 Å². The van der Waals surface area contributed by atoms with Crippen molar-refractivity contribution in [3.8, 4) is 0 Å². The number of hydroxylamine groups is 2. The molecule has 0 aromatic carbocycles. The molecule has 0 bridgehead atoms. The van der Waals surface area contributed by atoms with E-state index in [1.165, 1.54) is 6.08 Å². The molecule has 138 valence electrons. The normalized spacial score (nSPS) is 17.8. The van der Waals surface area contributed by atoms with E-state index in [0.717, 1.165) is 18.9 Å². The average Bonchev–Trinajstić information content (AvgIpc) is 2.86. The summed E-state index contributed by atoms with van der Waals surface area (Å²) in [5, 5.41) is 2.08. The number of carbonyl (C=O) groups is 5. The van der Waals surface area contributed by atoms with E-state index in [9.17, 15) is 24.0 Å². The third-order valence-electron chi connectivity index (χ3n) is 3.32. The van der Waals surface area contributed by atoms with Crippen molar-refractivity contribution in [2.45, 2.75) is 37.0 Å². The van der Waals surface area contributed by atoms with Crippen molar-refractivity contribution in [2.75, 3.05) is 13.4 Å². The van der Waals surface area contributed by atoms with E-state index < -0.39 is 47.4 Å². The molecule has 1 saturated heterocycles. The number of hydrogen-bond donors (Lipinski definition) is 1. The van der Waals surface area contributed by atoms with Gasteiger partial charge in [-0.2, -0.15) is 11.8 Å². The van der Waals surface area contributed by atoms with E-state index in [1.807, 2.05) is 0 Å². The summed E-state index contributed by atoms with van der Waals surface area (Å²) in [4.78, 5) is 64.0. The first-order chi connectivity index (χ1) is 11.8. The molecule has 25 heavy (non-hydrogen) atoms. The molecular formula is C15H20N2O7S.